The summed E-state index contributed by atoms with van der Waals surface area (Å²) in [5, 5.41) is 18.5. The second-order valence-electron chi connectivity index (χ2n) is 6.94. The van der Waals surface area contributed by atoms with Crippen LogP contribution in [0.5, 0.6) is 17.4 Å². The topological polar surface area (TPSA) is 91.5 Å². The number of hydrogen-bond donors (Lipinski definition) is 0. The Labute approximate surface area is 194 Å². The van der Waals surface area contributed by atoms with Gasteiger partial charge in [-0.1, -0.05) is 47.1 Å². The van der Waals surface area contributed by atoms with Gasteiger partial charge in [-0.2, -0.15) is 0 Å². The zero-order chi connectivity index (χ0) is 23.0. The van der Waals surface area contributed by atoms with Gasteiger partial charge in [0, 0.05) is 23.1 Å². The Morgan fingerprint density at radius 2 is 2.03 bits per heavy atom. The molecule has 0 aliphatic carbocycles. The summed E-state index contributed by atoms with van der Waals surface area (Å²) in [7, 11) is 3.01. The Bertz CT molecular complexity index is 1210. The summed E-state index contributed by atoms with van der Waals surface area (Å²) in [6.45, 7) is 3.41. The number of anilines is 1. The predicted octanol–water partition coefficient (Wildman–Crippen LogP) is 3.20. The summed E-state index contributed by atoms with van der Waals surface area (Å²) in [6.07, 6.45) is -0.841. The van der Waals surface area contributed by atoms with Gasteiger partial charge in [0.05, 0.1) is 36.9 Å². The Balaban J connectivity index is 2.11. The molecule has 166 valence electrons. The van der Waals surface area contributed by atoms with Gasteiger partial charge in [-0.15, -0.1) is 0 Å². The van der Waals surface area contributed by atoms with E-state index in [2.05, 4.69) is 10.1 Å². The number of amides is 1. The highest BCUT2D eigenvalue weighted by Crippen LogP contribution is 2.45. The van der Waals surface area contributed by atoms with Gasteiger partial charge in [0.1, 0.15) is 0 Å². The van der Waals surface area contributed by atoms with E-state index in [1.54, 1.807) is 35.2 Å². The number of nitrogens with zero attached hydrogens (tertiary/aromatic N) is 4. The van der Waals surface area contributed by atoms with E-state index in [1.165, 1.54) is 37.6 Å². The lowest BCUT2D eigenvalue weighted by Gasteiger charge is -2.33. The highest BCUT2D eigenvalue weighted by atomic mass is 35.5. The first-order valence-electron chi connectivity index (χ1n) is 9.85. The molecule has 0 bridgehead atoms. The number of rotatable bonds is 5. The van der Waals surface area contributed by atoms with Gasteiger partial charge in [0.25, 0.3) is 17.0 Å². The maximum absolute atomic E-state index is 13.1. The van der Waals surface area contributed by atoms with Crippen LogP contribution < -0.4 is 24.2 Å². The van der Waals surface area contributed by atoms with Crippen molar-refractivity contribution in [2.45, 2.75) is 25.2 Å². The molecular formula is C22H21ClN4O4S. The first-order valence-corrected chi connectivity index (χ1v) is 11.2. The zero-order valence-electron chi connectivity index (χ0n) is 18.0. The van der Waals surface area contributed by atoms with Gasteiger partial charge in [-0.3, -0.25) is 4.79 Å². The van der Waals surface area contributed by atoms with E-state index in [9.17, 15) is 9.90 Å². The molecule has 1 unspecified atom stereocenters. The molecule has 1 atom stereocenters. The van der Waals surface area contributed by atoms with Crippen molar-refractivity contribution in [1.82, 2.24) is 10.1 Å². The maximum Gasteiger partial charge on any atom is 0.296 e. The summed E-state index contributed by atoms with van der Waals surface area (Å²) in [5.41, 5.74) is 1.95. The number of methoxy groups -OCH3 is 2. The number of carbonyl (C=O) groups is 1. The van der Waals surface area contributed by atoms with Crippen LogP contribution in [0.3, 0.4) is 0 Å². The summed E-state index contributed by atoms with van der Waals surface area (Å²) in [4.78, 5) is 18.7. The Morgan fingerprint density at radius 3 is 2.69 bits per heavy atom. The smallest absolute Gasteiger partial charge is 0.296 e. The van der Waals surface area contributed by atoms with Crippen LogP contribution in [0.4, 0.5) is 5.69 Å². The predicted molar refractivity (Wildman–Crippen MR) is 119 cm³/mol. The summed E-state index contributed by atoms with van der Waals surface area (Å²) < 4.78 is 12.7. The number of hydrogen-bond acceptors (Lipinski definition) is 7. The molecule has 1 amide bonds. The van der Waals surface area contributed by atoms with E-state index in [0.717, 1.165) is 0 Å². The molecule has 32 heavy (non-hydrogen) atoms. The lowest BCUT2D eigenvalue weighted by atomic mass is 10.0. The summed E-state index contributed by atoms with van der Waals surface area (Å²) in [6, 6.07) is 10.5. The van der Waals surface area contributed by atoms with Crippen LogP contribution in [0.2, 0.25) is 5.02 Å². The van der Waals surface area contributed by atoms with E-state index < -0.39 is 12.0 Å². The van der Waals surface area contributed by atoms with E-state index in [1.807, 2.05) is 13.0 Å². The number of fused-ring (bicyclic) bond motifs is 3. The zero-order valence-corrected chi connectivity index (χ0v) is 19.5. The molecule has 3 aromatic rings. The molecular weight excluding hydrogens is 452 g/mol. The number of para-hydroxylation sites is 1. The molecule has 0 fully saturated rings. The molecule has 1 aliphatic heterocycles. The molecule has 0 N–H and O–H groups in total. The van der Waals surface area contributed by atoms with Gasteiger partial charge in [-0.05, 0) is 24.0 Å². The standard InChI is InChI=1S/C22H21ClN4O4S/c1-5-32-22-24-20(29)18-14-8-6-7-9-16(14)26(12(2)28)21(27(18)25-22)15-10-13(23)11-17(30-3)19(15)31-4/h6-11,21H,5H2,1-4H3. The SMILES string of the molecule is CCSc1nc([O-])c2[n+](n1)C(c1cc(Cl)cc(OC)c1OC)N(C(C)=O)c1ccccc1-2. The molecule has 0 radical (unpaired) electrons. The molecule has 2 aromatic carbocycles. The second-order valence-corrected chi connectivity index (χ2v) is 8.60. The largest absolute Gasteiger partial charge is 0.854 e. The average Bonchev–Trinajstić information content (AvgIpc) is 2.77. The summed E-state index contributed by atoms with van der Waals surface area (Å²) >= 11 is 7.74. The van der Waals surface area contributed by atoms with Crippen LogP contribution in [-0.4, -0.2) is 36.0 Å². The number of ether oxygens (including phenoxy) is 2. The minimum absolute atomic E-state index is 0.239. The lowest BCUT2D eigenvalue weighted by Crippen LogP contribution is -2.58. The van der Waals surface area contributed by atoms with Crippen LogP contribution in [0.25, 0.3) is 11.3 Å². The fourth-order valence-electron chi connectivity index (χ4n) is 3.90. The number of halogens is 1. The fraction of sp³-hybridized carbons (Fsp3) is 0.273. The normalized spacial score (nSPS) is 14.5. The van der Waals surface area contributed by atoms with E-state index >= 15 is 0 Å². The van der Waals surface area contributed by atoms with Crippen LogP contribution in [0.1, 0.15) is 25.6 Å². The lowest BCUT2D eigenvalue weighted by molar-refractivity contribution is -0.764. The minimum atomic E-state index is -0.841. The van der Waals surface area contributed by atoms with Gasteiger partial charge in [0.2, 0.25) is 5.91 Å². The summed E-state index contributed by atoms with van der Waals surface area (Å²) in [5.74, 6) is 0.813. The third-order valence-electron chi connectivity index (χ3n) is 5.08. The van der Waals surface area contributed by atoms with Crippen molar-refractivity contribution in [3.63, 3.8) is 0 Å². The fourth-order valence-corrected chi connectivity index (χ4v) is 4.66. The third-order valence-corrected chi connectivity index (χ3v) is 6.02. The van der Waals surface area contributed by atoms with Gasteiger partial charge >= 0.3 is 0 Å². The highest BCUT2D eigenvalue weighted by molar-refractivity contribution is 7.99. The molecule has 10 heteroatoms. The quantitative estimate of drug-likeness (QED) is 0.416. The molecule has 0 spiro atoms. The molecule has 2 heterocycles. The molecule has 0 saturated carbocycles. The van der Waals surface area contributed by atoms with Gasteiger partial charge in [-0.25, -0.2) is 9.88 Å². The second kappa shape index (κ2) is 8.84. The van der Waals surface area contributed by atoms with Crippen molar-refractivity contribution in [3.05, 3.63) is 47.0 Å². The van der Waals surface area contributed by atoms with E-state index in [0.29, 0.717) is 44.2 Å². The van der Waals surface area contributed by atoms with Gasteiger partial charge < -0.3 is 14.6 Å². The van der Waals surface area contributed by atoms with E-state index in [-0.39, 0.29) is 11.6 Å². The highest BCUT2D eigenvalue weighted by Gasteiger charge is 2.45. The number of benzene rings is 2. The Morgan fingerprint density at radius 1 is 1.28 bits per heavy atom. The van der Waals surface area contributed by atoms with Crippen LogP contribution >= 0.6 is 23.4 Å². The first-order chi connectivity index (χ1) is 15.4. The number of carbonyl (C=O) groups excluding carboxylic acids is 1. The van der Waals surface area contributed by atoms with Crippen molar-refractivity contribution in [2.24, 2.45) is 0 Å². The van der Waals surface area contributed by atoms with Crippen LogP contribution in [-0.2, 0) is 4.79 Å². The first kappa shape index (κ1) is 22.2. The number of aromatic nitrogens is 3. The third kappa shape index (κ3) is 3.61. The van der Waals surface area contributed by atoms with E-state index in [4.69, 9.17) is 21.1 Å². The molecule has 4 rings (SSSR count). The number of thioether (sulfide) groups is 1. The Hall–Kier alpha value is -3.04. The molecule has 1 aliphatic rings. The van der Waals surface area contributed by atoms with Crippen molar-refractivity contribution in [1.29, 1.82) is 0 Å². The molecule has 8 nitrogen and oxygen atoms in total. The maximum atomic E-state index is 13.1. The monoisotopic (exact) mass is 472 g/mol. The molecule has 0 saturated heterocycles. The Kier molecular flexibility index (Phi) is 6.12. The van der Waals surface area contributed by atoms with Crippen LogP contribution in [0.15, 0.2) is 41.6 Å². The van der Waals surface area contributed by atoms with Gasteiger partial charge in [0.15, 0.2) is 11.5 Å². The average molecular weight is 473 g/mol. The van der Waals surface area contributed by atoms with Crippen molar-refractivity contribution in [3.8, 4) is 28.6 Å². The van der Waals surface area contributed by atoms with Crippen LogP contribution in [0, 0.1) is 0 Å². The minimum Gasteiger partial charge on any atom is -0.854 e. The van der Waals surface area contributed by atoms with Crippen molar-refractivity contribution in [2.75, 3.05) is 24.9 Å². The van der Waals surface area contributed by atoms with Crippen molar-refractivity contribution < 1.29 is 24.1 Å². The molecule has 1 aromatic heterocycles. The van der Waals surface area contributed by atoms with Crippen molar-refractivity contribution >= 4 is 35.0 Å².